The summed E-state index contributed by atoms with van der Waals surface area (Å²) in [6, 6.07) is 0.654. The third kappa shape index (κ3) is 4.01. The molecule has 1 N–H and O–H groups in total. The molecule has 19 heavy (non-hydrogen) atoms. The van der Waals surface area contributed by atoms with Crippen LogP contribution in [-0.2, 0) is 6.54 Å². The first-order chi connectivity index (χ1) is 9.02. The van der Waals surface area contributed by atoms with Gasteiger partial charge in [0.05, 0.1) is 5.51 Å². The van der Waals surface area contributed by atoms with Gasteiger partial charge in [-0.3, -0.25) is 9.88 Å². The molecule has 1 aromatic rings. The molecule has 0 saturated carbocycles. The van der Waals surface area contributed by atoms with Gasteiger partial charge in [-0.15, -0.1) is 11.3 Å². The second-order valence-corrected chi connectivity index (χ2v) is 7.42. The number of hydrogen-bond acceptors (Lipinski definition) is 4. The van der Waals surface area contributed by atoms with Crippen molar-refractivity contribution in [1.29, 1.82) is 0 Å². The highest BCUT2D eigenvalue weighted by Crippen LogP contribution is 2.25. The lowest BCUT2D eigenvalue weighted by atomic mass is 9.90. The summed E-state index contributed by atoms with van der Waals surface area (Å²) < 4.78 is 0. The van der Waals surface area contributed by atoms with Crippen LogP contribution in [0.3, 0.4) is 0 Å². The Labute approximate surface area is 121 Å². The maximum atomic E-state index is 4.21. The van der Waals surface area contributed by atoms with E-state index in [4.69, 9.17) is 0 Å². The molecule has 1 aromatic heterocycles. The van der Waals surface area contributed by atoms with Crippen LogP contribution in [0.2, 0.25) is 0 Å². The minimum Gasteiger partial charge on any atom is -0.309 e. The number of piperazine rings is 1. The van der Waals surface area contributed by atoms with Gasteiger partial charge in [-0.1, -0.05) is 20.8 Å². The average molecular weight is 281 g/mol. The Hall–Kier alpha value is -0.450. The summed E-state index contributed by atoms with van der Waals surface area (Å²) in [5.41, 5.74) is 2.20. The number of nitrogens with one attached hydrogen (secondary N) is 1. The SMILES string of the molecule is CCC1(C)CN(Cc2cncs2)C(CC(C)C)CN1. The highest BCUT2D eigenvalue weighted by molar-refractivity contribution is 7.09. The molecule has 2 heterocycles. The van der Waals surface area contributed by atoms with Crippen LogP contribution in [0.4, 0.5) is 0 Å². The summed E-state index contributed by atoms with van der Waals surface area (Å²) in [6.45, 7) is 12.6. The van der Waals surface area contributed by atoms with E-state index in [1.807, 2.05) is 11.7 Å². The number of nitrogens with zero attached hydrogens (tertiary/aromatic N) is 2. The molecule has 108 valence electrons. The Kier molecular flexibility index (Phi) is 4.98. The van der Waals surface area contributed by atoms with E-state index >= 15 is 0 Å². The first-order valence-electron chi connectivity index (χ1n) is 7.39. The van der Waals surface area contributed by atoms with E-state index in [1.54, 1.807) is 11.3 Å². The molecule has 0 aliphatic carbocycles. The maximum Gasteiger partial charge on any atom is 0.0794 e. The van der Waals surface area contributed by atoms with Crippen LogP contribution >= 0.6 is 11.3 Å². The van der Waals surface area contributed by atoms with E-state index in [9.17, 15) is 0 Å². The van der Waals surface area contributed by atoms with Crippen molar-refractivity contribution in [2.24, 2.45) is 5.92 Å². The fourth-order valence-electron chi connectivity index (χ4n) is 2.85. The predicted octanol–water partition coefficient (Wildman–Crippen LogP) is 3.13. The zero-order valence-electron chi connectivity index (χ0n) is 12.6. The number of thiazole rings is 1. The maximum absolute atomic E-state index is 4.21. The van der Waals surface area contributed by atoms with Crippen molar-refractivity contribution >= 4 is 11.3 Å². The Bertz CT molecular complexity index is 377. The van der Waals surface area contributed by atoms with Gasteiger partial charge in [0.15, 0.2) is 0 Å². The highest BCUT2D eigenvalue weighted by Gasteiger charge is 2.34. The van der Waals surface area contributed by atoms with Gasteiger partial charge in [-0.25, -0.2) is 0 Å². The van der Waals surface area contributed by atoms with Crippen LogP contribution in [0.15, 0.2) is 11.7 Å². The zero-order valence-corrected chi connectivity index (χ0v) is 13.5. The summed E-state index contributed by atoms with van der Waals surface area (Å²) >= 11 is 1.77. The van der Waals surface area contributed by atoms with Crippen molar-refractivity contribution in [1.82, 2.24) is 15.2 Å². The molecule has 1 fully saturated rings. The van der Waals surface area contributed by atoms with E-state index in [0.717, 1.165) is 25.6 Å². The van der Waals surface area contributed by atoms with E-state index in [-0.39, 0.29) is 5.54 Å². The quantitative estimate of drug-likeness (QED) is 0.899. The number of aromatic nitrogens is 1. The molecule has 2 unspecified atom stereocenters. The standard InChI is InChI=1S/C15H27N3S/c1-5-15(4)10-18(9-14-8-16-11-19-14)13(7-17-15)6-12(2)3/h8,11-13,17H,5-7,9-10H2,1-4H3. The zero-order chi connectivity index (χ0) is 13.9. The van der Waals surface area contributed by atoms with Gasteiger partial charge < -0.3 is 5.32 Å². The molecular weight excluding hydrogens is 254 g/mol. The van der Waals surface area contributed by atoms with Crippen molar-refractivity contribution in [3.63, 3.8) is 0 Å². The normalized spacial score (nSPS) is 29.0. The summed E-state index contributed by atoms with van der Waals surface area (Å²) in [7, 11) is 0. The van der Waals surface area contributed by atoms with Crippen LogP contribution in [0.5, 0.6) is 0 Å². The lowest BCUT2D eigenvalue weighted by Gasteiger charge is -2.46. The fraction of sp³-hybridized carbons (Fsp3) is 0.800. The summed E-state index contributed by atoms with van der Waals surface area (Å²) in [6.07, 6.45) is 4.47. The van der Waals surface area contributed by atoms with Gasteiger partial charge in [0.1, 0.15) is 0 Å². The van der Waals surface area contributed by atoms with Crippen molar-refractivity contribution in [3.8, 4) is 0 Å². The van der Waals surface area contributed by atoms with Crippen LogP contribution in [0, 0.1) is 5.92 Å². The molecule has 0 aromatic carbocycles. The Morgan fingerprint density at radius 1 is 1.58 bits per heavy atom. The monoisotopic (exact) mass is 281 g/mol. The van der Waals surface area contributed by atoms with E-state index in [2.05, 4.69) is 42.9 Å². The molecule has 0 bridgehead atoms. The number of rotatable bonds is 5. The molecule has 1 aliphatic heterocycles. The van der Waals surface area contributed by atoms with Gasteiger partial charge in [-0.2, -0.15) is 0 Å². The molecule has 2 atom stereocenters. The Balaban J connectivity index is 2.06. The average Bonchev–Trinajstić information content (AvgIpc) is 2.85. The highest BCUT2D eigenvalue weighted by atomic mass is 32.1. The molecule has 0 radical (unpaired) electrons. The first kappa shape index (κ1) is 14.9. The lowest BCUT2D eigenvalue weighted by Crippen LogP contribution is -2.62. The molecule has 0 amide bonds. The molecule has 4 heteroatoms. The van der Waals surface area contributed by atoms with Gasteiger partial charge in [0.2, 0.25) is 0 Å². The third-order valence-corrected chi connectivity index (χ3v) is 4.96. The van der Waals surface area contributed by atoms with Crippen LogP contribution in [0.1, 0.15) is 45.4 Å². The van der Waals surface area contributed by atoms with Gasteiger partial charge in [0, 0.05) is 42.3 Å². The number of hydrogen-bond donors (Lipinski definition) is 1. The summed E-state index contributed by atoms with van der Waals surface area (Å²) in [4.78, 5) is 8.25. The van der Waals surface area contributed by atoms with Crippen molar-refractivity contribution in [2.45, 2.75) is 58.7 Å². The van der Waals surface area contributed by atoms with E-state index < -0.39 is 0 Å². The van der Waals surface area contributed by atoms with E-state index in [1.165, 1.54) is 17.7 Å². The van der Waals surface area contributed by atoms with Crippen molar-refractivity contribution < 1.29 is 0 Å². The first-order valence-corrected chi connectivity index (χ1v) is 8.27. The molecular formula is C15H27N3S. The van der Waals surface area contributed by atoms with E-state index in [0.29, 0.717) is 6.04 Å². The molecule has 2 rings (SSSR count). The second-order valence-electron chi connectivity index (χ2n) is 6.45. The smallest absolute Gasteiger partial charge is 0.0794 e. The second kappa shape index (κ2) is 6.33. The van der Waals surface area contributed by atoms with Crippen LogP contribution < -0.4 is 5.32 Å². The predicted molar refractivity (Wildman–Crippen MR) is 82.5 cm³/mol. The molecule has 1 saturated heterocycles. The van der Waals surface area contributed by atoms with Gasteiger partial charge in [-0.05, 0) is 25.7 Å². The Morgan fingerprint density at radius 3 is 2.95 bits per heavy atom. The van der Waals surface area contributed by atoms with Crippen molar-refractivity contribution in [3.05, 3.63) is 16.6 Å². The minimum absolute atomic E-state index is 0.262. The fourth-order valence-corrected chi connectivity index (χ4v) is 3.46. The van der Waals surface area contributed by atoms with Crippen LogP contribution in [0.25, 0.3) is 0 Å². The lowest BCUT2D eigenvalue weighted by molar-refractivity contribution is 0.0672. The Morgan fingerprint density at radius 2 is 2.37 bits per heavy atom. The molecule has 3 nitrogen and oxygen atoms in total. The topological polar surface area (TPSA) is 28.2 Å². The molecule has 1 aliphatic rings. The summed E-state index contributed by atoms with van der Waals surface area (Å²) in [5.74, 6) is 0.752. The third-order valence-electron chi connectivity index (χ3n) is 4.20. The summed E-state index contributed by atoms with van der Waals surface area (Å²) in [5, 5.41) is 3.76. The van der Waals surface area contributed by atoms with Crippen LogP contribution in [-0.4, -0.2) is 34.6 Å². The van der Waals surface area contributed by atoms with Gasteiger partial charge in [0.25, 0.3) is 0 Å². The van der Waals surface area contributed by atoms with Gasteiger partial charge >= 0.3 is 0 Å². The largest absolute Gasteiger partial charge is 0.309 e. The minimum atomic E-state index is 0.262. The van der Waals surface area contributed by atoms with Crippen molar-refractivity contribution in [2.75, 3.05) is 13.1 Å². The molecule has 0 spiro atoms.